The molecule has 1 fully saturated rings. The summed E-state index contributed by atoms with van der Waals surface area (Å²) in [5.74, 6) is 0. The van der Waals surface area contributed by atoms with Gasteiger partial charge in [0.25, 0.3) is 0 Å². The van der Waals surface area contributed by atoms with Crippen LogP contribution in [-0.4, -0.2) is 36.5 Å². The molecule has 0 aliphatic carbocycles. The van der Waals surface area contributed by atoms with Gasteiger partial charge in [0.2, 0.25) is 0 Å². The molecular formula is C14H24BO3P. The molecule has 3 nitrogen and oxygen atoms in total. The predicted molar refractivity (Wildman–Crippen MR) is 84.2 cm³/mol. The van der Waals surface area contributed by atoms with Crippen molar-refractivity contribution in [1.82, 2.24) is 0 Å². The zero-order valence-corrected chi connectivity index (χ0v) is 13.7. The number of hydrogen-bond acceptors (Lipinski definition) is 3. The Kier molecular flexibility index (Phi) is 3.60. The minimum absolute atomic E-state index is 0.318. The van der Waals surface area contributed by atoms with Crippen molar-refractivity contribution < 1.29 is 14.2 Å². The summed E-state index contributed by atoms with van der Waals surface area (Å²) in [4.78, 5) is 10.1. The van der Waals surface area contributed by atoms with Gasteiger partial charge in [0.05, 0.1) is 0 Å². The van der Waals surface area contributed by atoms with Gasteiger partial charge in [-0.05, 0) is 0 Å². The van der Waals surface area contributed by atoms with Crippen LogP contribution in [0.4, 0.5) is 0 Å². The van der Waals surface area contributed by atoms with E-state index in [1.54, 1.807) is 0 Å². The van der Waals surface area contributed by atoms with E-state index in [2.05, 4.69) is 0 Å². The van der Waals surface area contributed by atoms with Crippen LogP contribution >= 0.6 is 7.49 Å². The summed E-state index contributed by atoms with van der Waals surface area (Å²) in [5.41, 5.74) is 0.364. The van der Waals surface area contributed by atoms with Crippen LogP contribution in [0.1, 0.15) is 27.7 Å². The summed E-state index contributed by atoms with van der Waals surface area (Å²) in [7, 11) is -2.57. The van der Waals surface area contributed by atoms with Crippen LogP contribution in [0.5, 0.6) is 0 Å². The third kappa shape index (κ3) is 2.87. The van der Waals surface area contributed by atoms with Crippen molar-refractivity contribution in [1.29, 1.82) is 0 Å². The molecule has 106 valence electrons. The molecule has 1 N–H and O–H groups in total. The Morgan fingerprint density at radius 3 is 1.74 bits per heavy atom. The molecule has 1 aliphatic rings. The molecule has 1 aromatic carbocycles. The van der Waals surface area contributed by atoms with Crippen molar-refractivity contribution in [2.45, 2.75) is 38.9 Å². The monoisotopic (exact) mass is 282 g/mol. The Labute approximate surface area is 116 Å². The van der Waals surface area contributed by atoms with Crippen molar-refractivity contribution >= 4 is 25.4 Å². The van der Waals surface area contributed by atoms with E-state index in [1.165, 1.54) is 0 Å². The van der Waals surface area contributed by atoms with Gasteiger partial charge < -0.3 is 0 Å². The van der Waals surface area contributed by atoms with Gasteiger partial charge in [-0.25, -0.2) is 0 Å². The molecule has 0 saturated carbocycles. The van der Waals surface area contributed by atoms with Gasteiger partial charge in [0.15, 0.2) is 0 Å². The first-order valence-corrected chi connectivity index (χ1v) is 9.66. The number of hydrogen-bond donors (Lipinski definition) is 1. The Morgan fingerprint density at radius 2 is 1.37 bits per heavy atom. The van der Waals surface area contributed by atoms with Crippen LogP contribution in [-0.2, 0) is 9.31 Å². The molecule has 0 unspecified atom stereocenters. The van der Waals surface area contributed by atoms with E-state index >= 15 is 0 Å². The Hall–Kier alpha value is -0.405. The first kappa shape index (κ1) is 15.0. The second-order valence-corrected chi connectivity index (χ2v) is 10.5. The van der Waals surface area contributed by atoms with Gasteiger partial charge in [0, 0.05) is 0 Å². The molecule has 0 amide bonds. The molecular weight excluding hydrogens is 258 g/mol. The van der Waals surface area contributed by atoms with E-state index < -0.39 is 7.49 Å². The van der Waals surface area contributed by atoms with E-state index in [0.29, 0.717) is 0 Å². The molecule has 5 heteroatoms. The van der Waals surface area contributed by atoms with Gasteiger partial charge >= 0.3 is 116 Å². The fourth-order valence-corrected chi connectivity index (χ4v) is 3.01. The summed E-state index contributed by atoms with van der Waals surface area (Å²) < 4.78 is 12.0. The third-order valence-electron chi connectivity index (χ3n) is 4.14. The first-order chi connectivity index (χ1) is 8.53. The third-order valence-corrected chi connectivity index (χ3v) is 5.89. The summed E-state index contributed by atoms with van der Waals surface area (Å²) in [6.07, 6.45) is 0. The topological polar surface area (TPSA) is 38.7 Å². The number of benzene rings is 1. The maximum atomic E-state index is 10.1. The van der Waals surface area contributed by atoms with Crippen molar-refractivity contribution in [2.75, 3.05) is 13.3 Å². The van der Waals surface area contributed by atoms with Crippen molar-refractivity contribution in [3.8, 4) is 0 Å². The van der Waals surface area contributed by atoms with Crippen LogP contribution in [0.3, 0.4) is 0 Å². The standard InChI is InChI=1S/C14H24BO3P/c1-13(2)14(3,4)18-15(17-13)11-7-9-12(10-8-11)19(5,6)16/h7-10,16,19H,1-6H3. The van der Waals surface area contributed by atoms with Gasteiger partial charge in [0.1, 0.15) is 0 Å². The fourth-order valence-electron chi connectivity index (χ4n) is 2.03. The van der Waals surface area contributed by atoms with E-state index in [0.717, 1.165) is 10.8 Å². The zero-order chi connectivity index (χ0) is 14.5. The summed E-state index contributed by atoms with van der Waals surface area (Å²) in [5, 5.41) is 1.02. The van der Waals surface area contributed by atoms with Gasteiger partial charge in [-0.15, -0.1) is 0 Å². The first-order valence-electron chi connectivity index (χ1n) is 6.71. The van der Waals surface area contributed by atoms with Crippen LogP contribution in [0.15, 0.2) is 24.3 Å². The Bertz CT molecular complexity index is 447. The molecule has 0 aromatic heterocycles. The van der Waals surface area contributed by atoms with Gasteiger partial charge in [-0.3, -0.25) is 0 Å². The summed E-state index contributed by atoms with van der Waals surface area (Å²) in [6, 6.07) is 7.93. The Balaban J connectivity index is 2.22. The molecule has 1 aliphatic heterocycles. The molecule has 2 rings (SSSR count). The molecule has 1 heterocycles. The molecule has 1 saturated heterocycles. The summed E-state index contributed by atoms with van der Waals surface area (Å²) >= 11 is 0. The molecule has 0 bridgehead atoms. The number of rotatable bonds is 2. The molecule has 0 spiro atoms. The van der Waals surface area contributed by atoms with Crippen molar-refractivity contribution in [2.24, 2.45) is 0 Å². The van der Waals surface area contributed by atoms with Crippen LogP contribution < -0.4 is 10.8 Å². The molecule has 19 heavy (non-hydrogen) atoms. The van der Waals surface area contributed by atoms with Crippen LogP contribution in [0.25, 0.3) is 0 Å². The Morgan fingerprint density at radius 1 is 0.947 bits per heavy atom. The average molecular weight is 282 g/mol. The zero-order valence-electron chi connectivity index (χ0n) is 12.7. The molecule has 1 aromatic rings. The quantitative estimate of drug-likeness (QED) is 0.660. The van der Waals surface area contributed by atoms with E-state index in [1.807, 2.05) is 65.3 Å². The van der Waals surface area contributed by atoms with Crippen molar-refractivity contribution in [3.05, 3.63) is 24.3 Å². The second-order valence-electron chi connectivity index (χ2n) is 6.77. The maximum absolute atomic E-state index is 10.1. The van der Waals surface area contributed by atoms with Gasteiger partial charge in [-0.1, -0.05) is 0 Å². The fraction of sp³-hybridized carbons (Fsp3) is 0.571. The minimum atomic E-state index is -2.23. The predicted octanol–water partition coefficient (Wildman–Crippen LogP) is 1.53. The van der Waals surface area contributed by atoms with Gasteiger partial charge in [-0.2, -0.15) is 0 Å². The van der Waals surface area contributed by atoms with Crippen molar-refractivity contribution in [3.63, 3.8) is 0 Å². The SMILES string of the molecule is CC1(C)OB(c2ccc([PH](C)(C)O)cc2)OC1(C)C. The second kappa shape index (κ2) is 4.56. The molecule has 0 atom stereocenters. The average Bonchev–Trinajstić information content (AvgIpc) is 2.47. The van der Waals surface area contributed by atoms with Crippen LogP contribution in [0, 0.1) is 0 Å². The van der Waals surface area contributed by atoms with Crippen LogP contribution in [0.2, 0.25) is 0 Å². The van der Waals surface area contributed by atoms with E-state index in [9.17, 15) is 4.89 Å². The summed E-state index contributed by atoms with van der Waals surface area (Å²) in [6.45, 7) is 12.0. The van der Waals surface area contributed by atoms with E-state index in [4.69, 9.17) is 9.31 Å². The van der Waals surface area contributed by atoms with E-state index in [-0.39, 0.29) is 18.3 Å². The molecule has 0 radical (unpaired) electrons. The normalized spacial score (nSPS) is 22.6.